The maximum atomic E-state index is 14.3. The van der Waals surface area contributed by atoms with E-state index in [1.165, 1.54) is 18.9 Å². The normalized spacial score (nSPS) is 14.3. The molecule has 0 amide bonds. The lowest BCUT2D eigenvalue weighted by atomic mass is 10.1. The Bertz CT molecular complexity index is 1200. The average Bonchev–Trinajstić information content (AvgIpc) is 3.43. The second kappa shape index (κ2) is 8.34. The van der Waals surface area contributed by atoms with Crippen LogP contribution in [0.4, 0.5) is 16.0 Å². The van der Waals surface area contributed by atoms with Gasteiger partial charge >= 0.3 is 0 Å². The Morgan fingerprint density at radius 1 is 1.06 bits per heavy atom. The third kappa shape index (κ3) is 3.95. The zero-order chi connectivity index (χ0) is 21.2. The molecule has 2 aromatic carbocycles. The van der Waals surface area contributed by atoms with Gasteiger partial charge in [0.15, 0.2) is 5.65 Å². The molecule has 2 heterocycles. The molecule has 158 valence electrons. The van der Waals surface area contributed by atoms with Gasteiger partial charge in [-0.15, -0.1) is 0 Å². The lowest BCUT2D eigenvalue weighted by molar-refractivity contribution is 0.414. The van der Waals surface area contributed by atoms with Gasteiger partial charge in [0.2, 0.25) is 5.95 Å². The second-order valence-corrected chi connectivity index (χ2v) is 7.87. The molecule has 0 bridgehead atoms. The SMILES string of the molecule is COc1ccc(Cc2ncc3nc(Nc4ccccc4F)n(C4CCCC4)c3n2)cc1. The van der Waals surface area contributed by atoms with Gasteiger partial charge in [0.25, 0.3) is 0 Å². The summed E-state index contributed by atoms with van der Waals surface area (Å²) in [7, 11) is 1.66. The maximum absolute atomic E-state index is 14.3. The van der Waals surface area contributed by atoms with Crippen LogP contribution in [0.15, 0.2) is 54.7 Å². The van der Waals surface area contributed by atoms with Gasteiger partial charge < -0.3 is 10.1 Å². The molecular weight excluding hydrogens is 393 g/mol. The zero-order valence-corrected chi connectivity index (χ0v) is 17.4. The number of fused-ring (bicyclic) bond motifs is 1. The fourth-order valence-corrected chi connectivity index (χ4v) is 4.22. The third-order valence-corrected chi connectivity index (χ3v) is 5.81. The molecule has 1 aliphatic rings. The highest BCUT2D eigenvalue weighted by molar-refractivity contribution is 5.75. The minimum Gasteiger partial charge on any atom is -0.497 e. The number of nitrogens with one attached hydrogen (secondary N) is 1. The minimum absolute atomic E-state index is 0.294. The monoisotopic (exact) mass is 417 g/mol. The Morgan fingerprint density at radius 3 is 2.58 bits per heavy atom. The van der Waals surface area contributed by atoms with Crippen molar-refractivity contribution in [2.24, 2.45) is 0 Å². The quantitative estimate of drug-likeness (QED) is 0.454. The van der Waals surface area contributed by atoms with E-state index in [0.717, 1.165) is 35.6 Å². The van der Waals surface area contributed by atoms with E-state index in [0.29, 0.717) is 29.6 Å². The van der Waals surface area contributed by atoms with Crippen LogP contribution in [-0.4, -0.2) is 26.6 Å². The predicted octanol–water partition coefficient (Wildman–Crippen LogP) is 5.42. The van der Waals surface area contributed by atoms with Crippen LogP contribution < -0.4 is 10.1 Å². The number of aromatic nitrogens is 4. The number of halogens is 1. The van der Waals surface area contributed by atoms with E-state index in [9.17, 15) is 4.39 Å². The minimum atomic E-state index is -0.307. The van der Waals surface area contributed by atoms with Crippen LogP contribution in [-0.2, 0) is 6.42 Å². The number of benzene rings is 2. The van der Waals surface area contributed by atoms with Crippen molar-refractivity contribution in [3.05, 3.63) is 71.9 Å². The summed E-state index contributed by atoms with van der Waals surface area (Å²) < 4.78 is 21.6. The molecule has 0 spiro atoms. The molecule has 0 unspecified atom stereocenters. The van der Waals surface area contributed by atoms with E-state index in [4.69, 9.17) is 14.7 Å². The number of hydrogen-bond donors (Lipinski definition) is 1. The Hall–Kier alpha value is -3.48. The van der Waals surface area contributed by atoms with Gasteiger partial charge in [0.05, 0.1) is 19.0 Å². The van der Waals surface area contributed by atoms with Crippen LogP contribution in [0.2, 0.25) is 0 Å². The summed E-state index contributed by atoms with van der Waals surface area (Å²) in [5.41, 5.74) is 3.02. The van der Waals surface area contributed by atoms with Crippen molar-refractivity contribution in [2.75, 3.05) is 12.4 Å². The Balaban J connectivity index is 1.53. The van der Waals surface area contributed by atoms with Crippen LogP contribution in [0.1, 0.15) is 43.1 Å². The molecule has 0 aliphatic heterocycles. The van der Waals surface area contributed by atoms with E-state index in [-0.39, 0.29) is 5.82 Å². The summed E-state index contributed by atoms with van der Waals surface area (Å²) in [6.07, 6.45) is 6.86. The van der Waals surface area contributed by atoms with E-state index in [2.05, 4.69) is 14.9 Å². The highest BCUT2D eigenvalue weighted by Gasteiger charge is 2.24. The zero-order valence-electron chi connectivity index (χ0n) is 17.4. The first-order valence-corrected chi connectivity index (χ1v) is 10.6. The summed E-state index contributed by atoms with van der Waals surface area (Å²) in [5.74, 6) is 1.86. The van der Waals surface area contributed by atoms with Crippen LogP contribution in [0.3, 0.4) is 0 Å². The number of hydrogen-bond acceptors (Lipinski definition) is 5. The summed E-state index contributed by atoms with van der Waals surface area (Å²) in [4.78, 5) is 14.1. The Morgan fingerprint density at radius 2 is 1.84 bits per heavy atom. The van der Waals surface area contributed by atoms with Crippen LogP contribution in [0.25, 0.3) is 11.2 Å². The van der Waals surface area contributed by atoms with Gasteiger partial charge in [-0.2, -0.15) is 0 Å². The summed E-state index contributed by atoms with van der Waals surface area (Å²) >= 11 is 0. The predicted molar refractivity (Wildman–Crippen MR) is 118 cm³/mol. The molecule has 1 aliphatic carbocycles. The lowest BCUT2D eigenvalue weighted by Crippen LogP contribution is -2.10. The molecule has 1 N–H and O–H groups in total. The van der Waals surface area contributed by atoms with E-state index in [1.54, 1.807) is 31.5 Å². The number of anilines is 2. The van der Waals surface area contributed by atoms with Crippen molar-refractivity contribution in [3.8, 4) is 5.75 Å². The standard InChI is InChI=1S/C24H24FN5O/c1-31-18-12-10-16(11-13-18)14-22-26-15-21-23(29-22)30(17-6-2-3-7-17)24(28-21)27-20-9-5-4-8-19(20)25/h4-5,8-13,15,17H,2-3,6-7,14H2,1H3,(H,27,28). The largest absolute Gasteiger partial charge is 0.497 e. The van der Waals surface area contributed by atoms with Crippen molar-refractivity contribution in [3.63, 3.8) is 0 Å². The Kier molecular flexibility index (Phi) is 5.24. The first kappa shape index (κ1) is 19.5. The number of ether oxygens (including phenoxy) is 1. The number of nitrogens with zero attached hydrogens (tertiary/aromatic N) is 4. The van der Waals surface area contributed by atoms with E-state index >= 15 is 0 Å². The highest BCUT2D eigenvalue weighted by atomic mass is 19.1. The smallest absolute Gasteiger partial charge is 0.210 e. The molecule has 1 fully saturated rings. The first-order valence-electron chi connectivity index (χ1n) is 10.6. The van der Waals surface area contributed by atoms with Crippen molar-refractivity contribution in [2.45, 2.75) is 38.1 Å². The highest BCUT2D eigenvalue weighted by Crippen LogP contribution is 2.35. The maximum Gasteiger partial charge on any atom is 0.210 e. The fourth-order valence-electron chi connectivity index (χ4n) is 4.22. The van der Waals surface area contributed by atoms with Crippen LogP contribution in [0.5, 0.6) is 5.75 Å². The van der Waals surface area contributed by atoms with E-state index in [1.807, 2.05) is 24.3 Å². The Labute approximate surface area is 180 Å². The lowest BCUT2D eigenvalue weighted by Gasteiger charge is -2.17. The number of imidazole rings is 1. The van der Waals surface area contributed by atoms with Crippen molar-refractivity contribution >= 4 is 22.8 Å². The molecule has 1 saturated carbocycles. The third-order valence-electron chi connectivity index (χ3n) is 5.81. The van der Waals surface area contributed by atoms with Crippen molar-refractivity contribution in [1.82, 2.24) is 19.5 Å². The molecule has 6 nitrogen and oxygen atoms in total. The van der Waals surface area contributed by atoms with Gasteiger partial charge in [0, 0.05) is 12.5 Å². The van der Waals surface area contributed by atoms with Gasteiger partial charge in [-0.25, -0.2) is 19.3 Å². The topological polar surface area (TPSA) is 64.9 Å². The molecule has 0 radical (unpaired) electrons. The second-order valence-electron chi connectivity index (χ2n) is 7.87. The molecule has 0 saturated heterocycles. The van der Waals surface area contributed by atoms with Gasteiger partial charge in [0.1, 0.15) is 22.9 Å². The summed E-state index contributed by atoms with van der Waals surface area (Å²) in [5, 5.41) is 3.18. The molecule has 4 aromatic rings. The van der Waals surface area contributed by atoms with Gasteiger partial charge in [-0.1, -0.05) is 37.1 Å². The van der Waals surface area contributed by atoms with Gasteiger partial charge in [-0.3, -0.25) is 4.57 Å². The molecule has 0 atom stereocenters. The van der Waals surface area contributed by atoms with E-state index < -0.39 is 0 Å². The average molecular weight is 417 g/mol. The van der Waals surface area contributed by atoms with Crippen molar-refractivity contribution < 1.29 is 9.13 Å². The summed E-state index contributed by atoms with van der Waals surface area (Å²) in [6, 6.07) is 14.9. The summed E-state index contributed by atoms with van der Waals surface area (Å²) in [6.45, 7) is 0. The first-order chi connectivity index (χ1) is 15.2. The molecule has 5 rings (SSSR count). The molecule has 31 heavy (non-hydrogen) atoms. The fraction of sp³-hybridized carbons (Fsp3) is 0.292. The number of methoxy groups -OCH3 is 1. The van der Waals surface area contributed by atoms with Crippen molar-refractivity contribution in [1.29, 1.82) is 0 Å². The number of rotatable bonds is 6. The van der Waals surface area contributed by atoms with Gasteiger partial charge in [-0.05, 0) is 42.7 Å². The molecule has 2 aromatic heterocycles. The van der Waals surface area contributed by atoms with Crippen LogP contribution in [0, 0.1) is 5.82 Å². The molecule has 7 heteroatoms. The molecular formula is C24H24FN5O. The number of para-hydroxylation sites is 1. The van der Waals surface area contributed by atoms with Crippen LogP contribution >= 0.6 is 0 Å².